The molecule has 8 nitrogen and oxygen atoms in total. The number of aliphatic carboxylic acids is 1. The van der Waals surface area contributed by atoms with Crippen LogP contribution in [-0.2, 0) is 19.1 Å². The molecule has 1 saturated heterocycles. The maximum Gasteiger partial charge on any atom is 0.407 e. The van der Waals surface area contributed by atoms with E-state index in [1.807, 2.05) is 24.3 Å². The van der Waals surface area contributed by atoms with Gasteiger partial charge in [0.2, 0.25) is 0 Å². The van der Waals surface area contributed by atoms with E-state index in [0.29, 0.717) is 13.0 Å². The number of benzene rings is 2. The van der Waals surface area contributed by atoms with Crippen LogP contribution in [0.25, 0.3) is 11.1 Å². The van der Waals surface area contributed by atoms with E-state index in [9.17, 15) is 14.4 Å². The molecule has 1 aliphatic heterocycles. The normalized spacial score (nSPS) is 20.7. The molecule has 184 valence electrons. The fourth-order valence-electron chi connectivity index (χ4n) is 5.22. The van der Waals surface area contributed by atoms with Gasteiger partial charge in [0, 0.05) is 37.6 Å². The van der Waals surface area contributed by atoms with Crippen LogP contribution in [0.15, 0.2) is 48.5 Å². The molecule has 35 heavy (non-hydrogen) atoms. The first-order valence-corrected chi connectivity index (χ1v) is 12.3. The number of hydrogen-bond donors (Lipinski definition) is 2. The van der Waals surface area contributed by atoms with Gasteiger partial charge in [-0.15, -0.1) is 0 Å². The highest BCUT2D eigenvalue weighted by Crippen LogP contribution is 2.44. The quantitative estimate of drug-likeness (QED) is 0.572. The average molecular weight is 479 g/mol. The molecule has 0 unspecified atom stereocenters. The second-order valence-electron chi connectivity index (χ2n) is 9.45. The van der Waals surface area contributed by atoms with Gasteiger partial charge in [0.05, 0.1) is 6.42 Å². The van der Waals surface area contributed by atoms with Crippen molar-refractivity contribution in [3.8, 4) is 11.1 Å². The standard InChI is InChI=1S/C27H30N2O6/c30-24(31)11-13-29(18-9-10-18)26(32)25-17(12-14-34-25)15-28-27(33)35-16-23-21-7-3-1-5-19(21)20-6-2-4-8-22(20)23/h1-8,17-18,23,25H,9-16H2,(H,28,33)(H,30,31)/t17-,25-/m0/s1. The monoisotopic (exact) mass is 478 g/mol. The third-order valence-electron chi connectivity index (χ3n) is 7.15. The van der Waals surface area contributed by atoms with Crippen LogP contribution in [0.2, 0.25) is 0 Å². The summed E-state index contributed by atoms with van der Waals surface area (Å²) >= 11 is 0. The predicted molar refractivity (Wildman–Crippen MR) is 128 cm³/mol. The van der Waals surface area contributed by atoms with E-state index in [4.69, 9.17) is 14.6 Å². The highest BCUT2D eigenvalue weighted by molar-refractivity contribution is 5.83. The number of carbonyl (C=O) groups excluding carboxylic acids is 2. The van der Waals surface area contributed by atoms with E-state index >= 15 is 0 Å². The Balaban J connectivity index is 1.16. The van der Waals surface area contributed by atoms with Crippen LogP contribution < -0.4 is 5.32 Å². The molecule has 2 fully saturated rings. The minimum absolute atomic E-state index is 0.0152. The van der Waals surface area contributed by atoms with Gasteiger partial charge in [-0.2, -0.15) is 0 Å². The number of rotatable bonds is 9. The highest BCUT2D eigenvalue weighted by Gasteiger charge is 2.41. The first kappa shape index (κ1) is 23.4. The summed E-state index contributed by atoms with van der Waals surface area (Å²) < 4.78 is 11.3. The molecule has 2 aromatic rings. The average Bonchev–Trinajstić information content (AvgIpc) is 3.49. The van der Waals surface area contributed by atoms with Gasteiger partial charge < -0.3 is 24.8 Å². The van der Waals surface area contributed by atoms with E-state index in [2.05, 4.69) is 29.6 Å². The molecule has 0 aromatic heterocycles. The van der Waals surface area contributed by atoms with Gasteiger partial charge in [-0.05, 0) is 41.5 Å². The van der Waals surface area contributed by atoms with E-state index in [1.165, 1.54) is 11.1 Å². The van der Waals surface area contributed by atoms with Crippen molar-refractivity contribution in [1.29, 1.82) is 0 Å². The predicted octanol–water partition coefficient (Wildman–Crippen LogP) is 3.40. The van der Waals surface area contributed by atoms with Crippen LogP contribution in [0.5, 0.6) is 0 Å². The summed E-state index contributed by atoms with van der Waals surface area (Å²) in [7, 11) is 0. The number of nitrogens with one attached hydrogen (secondary N) is 1. The number of fused-ring (bicyclic) bond motifs is 3. The van der Waals surface area contributed by atoms with Crippen molar-refractivity contribution in [3.63, 3.8) is 0 Å². The van der Waals surface area contributed by atoms with Crippen molar-refractivity contribution in [2.75, 3.05) is 26.3 Å². The van der Waals surface area contributed by atoms with Crippen molar-refractivity contribution in [1.82, 2.24) is 10.2 Å². The Labute approximate surface area is 204 Å². The van der Waals surface area contributed by atoms with Crippen molar-refractivity contribution >= 4 is 18.0 Å². The number of alkyl carbamates (subject to hydrolysis) is 1. The van der Waals surface area contributed by atoms with E-state index in [-0.39, 0.29) is 49.9 Å². The third-order valence-corrected chi connectivity index (χ3v) is 7.15. The molecule has 2 N–H and O–H groups in total. The van der Waals surface area contributed by atoms with Crippen LogP contribution in [-0.4, -0.2) is 66.4 Å². The molecular weight excluding hydrogens is 448 g/mol. The van der Waals surface area contributed by atoms with Gasteiger partial charge in [-0.1, -0.05) is 48.5 Å². The molecular formula is C27H30N2O6. The molecule has 2 amide bonds. The van der Waals surface area contributed by atoms with E-state index in [1.54, 1.807) is 4.90 Å². The summed E-state index contributed by atoms with van der Waals surface area (Å²) in [6.45, 7) is 1.12. The Morgan fingerprint density at radius 1 is 1.00 bits per heavy atom. The second-order valence-corrected chi connectivity index (χ2v) is 9.45. The molecule has 0 bridgehead atoms. The lowest BCUT2D eigenvalue weighted by atomic mass is 9.98. The van der Waals surface area contributed by atoms with Gasteiger partial charge in [0.15, 0.2) is 0 Å². The fraction of sp³-hybridized carbons (Fsp3) is 0.444. The van der Waals surface area contributed by atoms with Crippen LogP contribution in [0, 0.1) is 5.92 Å². The fourth-order valence-corrected chi connectivity index (χ4v) is 5.22. The molecule has 1 saturated carbocycles. The van der Waals surface area contributed by atoms with Crippen molar-refractivity contribution in [2.45, 2.75) is 43.7 Å². The molecule has 2 atom stereocenters. The van der Waals surface area contributed by atoms with Gasteiger partial charge in [0.25, 0.3) is 5.91 Å². The van der Waals surface area contributed by atoms with Crippen LogP contribution >= 0.6 is 0 Å². The zero-order chi connectivity index (χ0) is 24.4. The van der Waals surface area contributed by atoms with Gasteiger partial charge >= 0.3 is 12.1 Å². The Bertz CT molecular complexity index is 1070. The number of carbonyl (C=O) groups is 3. The molecule has 2 aromatic carbocycles. The first-order valence-electron chi connectivity index (χ1n) is 12.3. The third kappa shape index (κ3) is 5.03. The Morgan fingerprint density at radius 3 is 2.29 bits per heavy atom. The zero-order valence-electron chi connectivity index (χ0n) is 19.5. The lowest BCUT2D eigenvalue weighted by Gasteiger charge is -2.27. The topological polar surface area (TPSA) is 105 Å². The van der Waals surface area contributed by atoms with Crippen LogP contribution in [0.4, 0.5) is 4.79 Å². The molecule has 0 spiro atoms. The molecule has 0 radical (unpaired) electrons. The minimum Gasteiger partial charge on any atom is -0.481 e. The van der Waals surface area contributed by atoms with Crippen LogP contribution in [0.3, 0.4) is 0 Å². The number of nitrogens with zero attached hydrogens (tertiary/aromatic N) is 1. The molecule has 8 heteroatoms. The Morgan fingerprint density at radius 2 is 1.66 bits per heavy atom. The Kier molecular flexibility index (Phi) is 6.72. The van der Waals surface area contributed by atoms with Gasteiger partial charge in [0.1, 0.15) is 12.7 Å². The molecule has 2 aliphatic carbocycles. The van der Waals surface area contributed by atoms with Crippen molar-refractivity contribution in [3.05, 3.63) is 59.7 Å². The maximum absolute atomic E-state index is 13.1. The summed E-state index contributed by atoms with van der Waals surface area (Å²) in [5.74, 6) is -1.29. The van der Waals surface area contributed by atoms with Crippen molar-refractivity contribution in [2.24, 2.45) is 5.92 Å². The number of carboxylic acid groups (broad SMARTS) is 1. The summed E-state index contributed by atoms with van der Waals surface area (Å²) in [6, 6.07) is 16.4. The second kappa shape index (κ2) is 10.1. The Hall–Kier alpha value is -3.39. The molecule has 3 aliphatic rings. The SMILES string of the molecule is O=C(O)CCN(C(=O)[C@H]1OCC[C@H]1CNC(=O)OCC1c2ccccc2-c2ccccc21)C1CC1. The van der Waals surface area contributed by atoms with Crippen molar-refractivity contribution < 1.29 is 29.0 Å². The largest absolute Gasteiger partial charge is 0.481 e. The number of carboxylic acids is 1. The van der Waals surface area contributed by atoms with Gasteiger partial charge in [-0.3, -0.25) is 9.59 Å². The lowest BCUT2D eigenvalue weighted by Crippen LogP contribution is -2.46. The molecule has 1 heterocycles. The smallest absolute Gasteiger partial charge is 0.407 e. The van der Waals surface area contributed by atoms with Crippen LogP contribution in [0.1, 0.15) is 42.7 Å². The van der Waals surface area contributed by atoms with E-state index < -0.39 is 18.2 Å². The number of amides is 2. The summed E-state index contributed by atoms with van der Waals surface area (Å²) in [5, 5.41) is 11.8. The highest BCUT2D eigenvalue weighted by atomic mass is 16.5. The minimum atomic E-state index is -0.927. The van der Waals surface area contributed by atoms with E-state index in [0.717, 1.165) is 24.0 Å². The lowest BCUT2D eigenvalue weighted by molar-refractivity contribution is -0.144. The number of hydrogen-bond acceptors (Lipinski definition) is 5. The van der Waals surface area contributed by atoms with Gasteiger partial charge in [-0.25, -0.2) is 4.79 Å². The first-order chi connectivity index (χ1) is 17.0. The number of ether oxygens (including phenoxy) is 2. The summed E-state index contributed by atoms with van der Waals surface area (Å²) in [4.78, 5) is 38.3. The summed E-state index contributed by atoms with van der Waals surface area (Å²) in [6.07, 6.45) is 1.16. The zero-order valence-corrected chi connectivity index (χ0v) is 19.5. The molecule has 5 rings (SSSR count). The maximum atomic E-state index is 13.1. The summed E-state index contributed by atoms with van der Waals surface area (Å²) in [5.41, 5.74) is 4.64.